The van der Waals surface area contributed by atoms with Crippen molar-refractivity contribution in [2.75, 3.05) is 0 Å². The lowest BCUT2D eigenvalue weighted by atomic mass is 9.99. The molecule has 0 saturated carbocycles. The lowest BCUT2D eigenvalue weighted by Crippen LogP contribution is -2.30. The third kappa shape index (κ3) is 3.36. The molecule has 0 bridgehead atoms. The number of hydrazine groups is 1. The van der Waals surface area contributed by atoms with Gasteiger partial charge in [0.25, 0.3) is 0 Å². The average molecular weight is 453 g/mol. The van der Waals surface area contributed by atoms with Crippen molar-refractivity contribution < 1.29 is 8.78 Å². The highest BCUT2D eigenvalue weighted by molar-refractivity contribution is 14.1. The molecular weight excluding hydrogens is 441 g/mol. The van der Waals surface area contributed by atoms with Gasteiger partial charge in [-0.1, -0.05) is 18.2 Å². The molecule has 0 spiro atoms. The highest BCUT2D eigenvalue weighted by Gasteiger charge is 2.19. The molecule has 0 aliphatic carbocycles. The van der Waals surface area contributed by atoms with E-state index in [2.05, 4.69) is 43.9 Å². The molecule has 2 rings (SSSR count). The van der Waals surface area contributed by atoms with Crippen molar-refractivity contribution in [1.82, 2.24) is 5.43 Å². The van der Waals surface area contributed by atoms with Gasteiger partial charge in [0, 0.05) is 9.13 Å². The predicted molar refractivity (Wildman–Crippen MR) is 87.0 cm³/mol. The fourth-order valence-corrected chi connectivity index (χ4v) is 3.11. The summed E-state index contributed by atoms with van der Waals surface area (Å²) in [6.07, 6.45) is 0.133. The summed E-state index contributed by atoms with van der Waals surface area (Å²) in [6.45, 7) is 0. The molecule has 0 aromatic heterocycles. The van der Waals surface area contributed by atoms with Crippen LogP contribution in [0.5, 0.6) is 0 Å². The first kappa shape index (κ1) is 15.8. The van der Waals surface area contributed by atoms with Crippen LogP contribution in [-0.2, 0) is 6.42 Å². The van der Waals surface area contributed by atoms with Crippen molar-refractivity contribution >= 4 is 38.5 Å². The molecule has 106 valence electrons. The van der Waals surface area contributed by atoms with Gasteiger partial charge in [-0.3, -0.25) is 11.3 Å². The van der Waals surface area contributed by atoms with Gasteiger partial charge in [-0.05, 0) is 68.7 Å². The molecule has 0 radical (unpaired) electrons. The Morgan fingerprint density at radius 1 is 1.20 bits per heavy atom. The van der Waals surface area contributed by atoms with Crippen molar-refractivity contribution in [3.8, 4) is 0 Å². The smallest absolute Gasteiger partial charge is 0.143 e. The molecule has 0 saturated heterocycles. The topological polar surface area (TPSA) is 38.0 Å². The Hall–Kier alpha value is -0.570. The van der Waals surface area contributed by atoms with Crippen LogP contribution in [0.1, 0.15) is 17.2 Å². The van der Waals surface area contributed by atoms with Crippen LogP contribution in [0.15, 0.2) is 40.9 Å². The van der Waals surface area contributed by atoms with Crippen LogP contribution in [0, 0.1) is 15.2 Å². The highest BCUT2D eigenvalue weighted by Crippen LogP contribution is 2.28. The molecule has 3 N–H and O–H groups in total. The monoisotopic (exact) mass is 452 g/mol. The molecule has 6 heteroatoms. The molecular formula is C14H12BrF2IN2. The molecule has 2 nitrogen and oxygen atoms in total. The minimum Gasteiger partial charge on any atom is -0.271 e. The normalized spacial score (nSPS) is 12.4. The van der Waals surface area contributed by atoms with Gasteiger partial charge in [-0.2, -0.15) is 0 Å². The van der Waals surface area contributed by atoms with Crippen LogP contribution in [0.3, 0.4) is 0 Å². The summed E-state index contributed by atoms with van der Waals surface area (Å²) in [5, 5.41) is 0. The minimum absolute atomic E-state index is 0.0157. The Kier molecular flexibility index (Phi) is 5.48. The highest BCUT2D eigenvalue weighted by atomic mass is 127. The van der Waals surface area contributed by atoms with Gasteiger partial charge in [0.1, 0.15) is 11.6 Å². The molecule has 0 amide bonds. The van der Waals surface area contributed by atoms with Gasteiger partial charge in [0.15, 0.2) is 0 Å². The largest absolute Gasteiger partial charge is 0.271 e. The van der Waals surface area contributed by atoms with Gasteiger partial charge >= 0.3 is 0 Å². The third-order valence-corrected chi connectivity index (χ3v) is 4.62. The van der Waals surface area contributed by atoms with E-state index >= 15 is 0 Å². The van der Waals surface area contributed by atoms with Crippen LogP contribution in [-0.4, -0.2) is 0 Å². The van der Waals surface area contributed by atoms with Crippen LogP contribution in [0.2, 0.25) is 0 Å². The second-order valence-electron chi connectivity index (χ2n) is 4.27. The minimum atomic E-state index is -0.587. The molecule has 0 heterocycles. The van der Waals surface area contributed by atoms with E-state index in [1.54, 1.807) is 0 Å². The second-order valence-corrected chi connectivity index (χ2v) is 6.28. The number of nitrogens with one attached hydrogen (secondary N) is 1. The van der Waals surface area contributed by atoms with E-state index in [9.17, 15) is 8.78 Å². The van der Waals surface area contributed by atoms with E-state index in [1.807, 2.05) is 24.3 Å². The molecule has 1 unspecified atom stereocenters. The lowest BCUT2D eigenvalue weighted by Gasteiger charge is -2.19. The Morgan fingerprint density at radius 2 is 1.90 bits per heavy atom. The SMILES string of the molecule is NNC(Cc1c(F)ccc(Br)c1F)c1ccccc1I. The van der Waals surface area contributed by atoms with Gasteiger partial charge in [-0.25, -0.2) is 8.78 Å². The zero-order valence-electron chi connectivity index (χ0n) is 10.3. The first-order valence-corrected chi connectivity index (χ1v) is 7.74. The first-order valence-electron chi connectivity index (χ1n) is 5.87. The van der Waals surface area contributed by atoms with Crippen molar-refractivity contribution in [3.05, 3.63) is 67.2 Å². The summed E-state index contributed by atoms with van der Waals surface area (Å²) < 4.78 is 29.1. The zero-order chi connectivity index (χ0) is 14.7. The molecule has 0 aliphatic rings. The lowest BCUT2D eigenvalue weighted by molar-refractivity contribution is 0.497. The maximum Gasteiger partial charge on any atom is 0.143 e. The quantitative estimate of drug-likeness (QED) is 0.317. The molecule has 0 aliphatic heterocycles. The number of halogens is 4. The van der Waals surface area contributed by atoms with E-state index < -0.39 is 11.6 Å². The van der Waals surface area contributed by atoms with Crippen LogP contribution < -0.4 is 11.3 Å². The van der Waals surface area contributed by atoms with Crippen molar-refractivity contribution in [1.29, 1.82) is 0 Å². The van der Waals surface area contributed by atoms with Crippen molar-refractivity contribution in [3.63, 3.8) is 0 Å². The van der Waals surface area contributed by atoms with Gasteiger partial charge in [0.2, 0.25) is 0 Å². The molecule has 2 aromatic carbocycles. The Balaban J connectivity index is 2.37. The van der Waals surface area contributed by atoms with E-state index in [1.165, 1.54) is 12.1 Å². The van der Waals surface area contributed by atoms with Crippen LogP contribution in [0.4, 0.5) is 8.78 Å². The van der Waals surface area contributed by atoms with Gasteiger partial charge in [0.05, 0.1) is 10.5 Å². The number of hydrogen-bond donors (Lipinski definition) is 2. The molecule has 1 atom stereocenters. The van der Waals surface area contributed by atoms with E-state index in [0.29, 0.717) is 0 Å². The Labute approximate surface area is 138 Å². The Morgan fingerprint density at radius 3 is 2.55 bits per heavy atom. The summed E-state index contributed by atoms with van der Waals surface area (Å²) in [4.78, 5) is 0. The number of benzene rings is 2. The summed E-state index contributed by atoms with van der Waals surface area (Å²) in [6, 6.07) is 9.82. The second kappa shape index (κ2) is 6.93. The predicted octanol–water partition coefficient (Wildman–Crippen LogP) is 4.08. The number of rotatable bonds is 4. The molecule has 0 fully saturated rings. The maximum absolute atomic E-state index is 14.0. The number of nitrogens with two attached hydrogens (primary N) is 1. The molecule has 2 aromatic rings. The summed E-state index contributed by atoms with van der Waals surface area (Å²) in [5.74, 6) is 4.39. The average Bonchev–Trinajstić information content (AvgIpc) is 2.45. The first-order chi connectivity index (χ1) is 9.54. The molecule has 20 heavy (non-hydrogen) atoms. The van der Waals surface area contributed by atoms with Gasteiger partial charge in [-0.15, -0.1) is 0 Å². The summed E-state index contributed by atoms with van der Waals surface area (Å²) in [7, 11) is 0. The summed E-state index contributed by atoms with van der Waals surface area (Å²) in [5.41, 5.74) is 3.56. The number of hydrogen-bond acceptors (Lipinski definition) is 2. The fraction of sp³-hybridized carbons (Fsp3) is 0.143. The van der Waals surface area contributed by atoms with Gasteiger partial charge < -0.3 is 0 Å². The van der Waals surface area contributed by atoms with Crippen LogP contribution in [0.25, 0.3) is 0 Å². The van der Waals surface area contributed by atoms with Crippen LogP contribution >= 0.6 is 38.5 Å². The Bertz CT molecular complexity index is 622. The third-order valence-electron chi connectivity index (χ3n) is 3.03. The van der Waals surface area contributed by atoms with E-state index in [0.717, 1.165) is 9.13 Å². The zero-order valence-corrected chi connectivity index (χ0v) is 14.1. The maximum atomic E-state index is 14.0. The van der Waals surface area contributed by atoms with E-state index in [4.69, 9.17) is 5.84 Å². The fourth-order valence-electron chi connectivity index (χ4n) is 1.98. The van der Waals surface area contributed by atoms with E-state index in [-0.39, 0.29) is 22.5 Å². The standard InChI is InChI=1S/C14H12BrF2IN2/c15-10-5-6-11(16)9(14(10)17)7-13(20-19)8-3-1-2-4-12(8)18/h1-6,13,20H,7,19H2. The summed E-state index contributed by atoms with van der Waals surface area (Å²) >= 11 is 5.24. The van der Waals surface area contributed by atoms with Crippen molar-refractivity contribution in [2.45, 2.75) is 12.5 Å². The van der Waals surface area contributed by atoms with Crippen molar-refractivity contribution in [2.24, 2.45) is 5.84 Å².